The molecule has 1 nitrogen and oxygen atoms in total. The summed E-state index contributed by atoms with van der Waals surface area (Å²) < 4.78 is 13.0. The Morgan fingerprint density at radius 3 is 2.57 bits per heavy atom. The number of benzene rings is 1. The number of ketones is 1. The minimum Gasteiger partial charge on any atom is -0.294 e. The second kappa shape index (κ2) is 4.36. The molecule has 1 aromatic rings. The first-order valence-corrected chi connectivity index (χ1v) is 4.86. The minimum absolute atomic E-state index is 0.0232. The number of hydrogen-bond acceptors (Lipinski definition) is 1. The number of carbonyl (C=O) groups excluding carboxylic acids is 1. The highest BCUT2D eigenvalue weighted by atomic mass is 19.1. The van der Waals surface area contributed by atoms with Gasteiger partial charge in [0.15, 0.2) is 5.78 Å². The Hall–Kier alpha value is -1.18. The summed E-state index contributed by atoms with van der Waals surface area (Å²) >= 11 is 0. The molecule has 2 heteroatoms. The maximum Gasteiger partial charge on any atom is 0.165 e. The monoisotopic (exact) mass is 194 g/mol. The Kier molecular flexibility index (Phi) is 3.39. The number of carbonyl (C=O) groups is 1. The van der Waals surface area contributed by atoms with E-state index in [2.05, 4.69) is 0 Å². The summed E-state index contributed by atoms with van der Waals surface area (Å²) in [4.78, 5) is 11.7. The first-order chi connectivity index (χ1) is 6.54. The van der Waals surface area contributed by atoms with E-state index in [1.165, 1.54) is 12.1 Å². The fraction of sp³-hybridized carbons (Fsp3) is 0.417. The fourth-order valence-corrected chi connectivity index (χ4v) is 1.35. The van der Waals surface area contributed by atoms with E-state index < -0.39 is 0 Å². The summed E-state index contributed by atoms with van der Waals surface area (Å²) in [6.07, 6.45) is 0.786. The normalized spacial score (nSPS) is 12.6. The van der Waals surface area contributed by atoms with E-state index in [-0.39, 0.29) is 17.5 Å². The molecule has 0 spiro atoms. The van der Waals surface area contributed by atoms with Gasteiger partial charge in [-0.2, -0.15) is 0 Å². The number of hydrogen-bond donors (Lipinski definition) is 0. The first kappa shape index (κ1) is 10.9. The summed E-state index contributed by atoms with van der Waals surface area (Å²) in [5.41, 5.74) is 1.27. The molecule has 1 unspecified atom stereocenters. The molecule has 1 atom stereocenters. The van der Waals surface area contributed by atoms with Crippen LogP contribution < -0.4 is 0 Å². The van der Waals surface area contributed by atoms with Crippen molar-refractivity contribution in [2.75, 3.05) is 0 Å². The fourth-order valence-electron chi connectivity index (χ4n) is 1.35. The molecule has 0 bridgehead atoms. The van der Waals surface area contributed by atoms with Gasteiger partial charge in [-0.25, -0.2) is 4.39 Å². The van der Waals surface area contributed by atoms with Gasteiger partial charge in [0, 0.05) is 11.5 Å². The third kappa shape index (κ3) is 2.41. The van der Waals surface area contributed by atoms with Gasteiger partial charge in [-0.1, -0.05) is 13.8 Å². The van der Waals surface area contributed by atoms with Crippen molar-refractivity contribution >= 4 is 5.78 Å². The molecule has 0 aliphatic carbocycles. The van der Waals surface area contributed by atoms with Crippen molar-refractivity contribution in [3.05, 3.63) is 35.1 Å². The highest BCUT2D eigenvalue weighted by Crippen LogP contribution is 2.14. The lowest BCUT2D eigenvalue weighted by atomic mass is 9.96. The van der Waals surface area contributed by atoms with E-state index in [9.17, 15) is 9.18 Å². The molecule has 14 heavy (non-hydrogen) atoms. The lowest BCUT2D eigenvalue weighted by Crippen LogP contribution is -2.10. The summed E-state index contributed by atoms with van der Waals surface area (Å²) in [6.45, 7) is 5.60. The Bertz CT molecular complexity index is 324. The van der Waals surface area contributed by atoms with Crippen LogP contribution >= 0.6 is 0 Å². The van der Waals surface area contributed by atoms with Crippen molar-refractivity contribution in [1.82, 2.24) is 0 Å². The third-order valence-corrected chi connectivity index (χ3v) is 2.39. The molecule has 0 radical (unpaired) electrons. The molecule has 1 aromatic carbocycles. The van der Waals surface area contributed by atoms with E-state index in [0.29, 0.717) is 5.56 Å². The molecule has 0 aliphatic rings. The number of aryl methyl sites for hydroxylation is 1. The molecule has 0 amide bonds. The molecule has 0 saturated heterocycles. The zero-order chi connectivity index (χ0) is 10.7. The Morgan fingerprint density at radius 2 is 2.07 bits per heavy atom. The van der Waals surface area contributed by atoms with Crippen LogP contribution in [-0.4, -0.2) is 5.78 Å². The lowest BCUT2D eigenvalue weighted by Gasteiger charge is -2.07. The largest absolute Gasteiger partial charge is 0.294 e. The summed E-state index contributed by atoms with van der Waals surface area (Å²) in [6, 6.07) is 4.46. The van der Waals surface area contributed by atoms with Crippen molar-refractivity contribution in [2.45, 2.75) is 27.2 Å². The third-order valence-electron chi connectivity index (χ3n) is 2.39. The maximum absolute atomic E-state index is 13.0. The van der Waals surface area contributed by atoms with Crippen LogP contribution in [0.4, 0.5) is 4.39 Å². The minimum atomic E-state index is -0.336. The van der Waals surface area contributed by atoms with Crippen molar-refractivity contribution in [3.8, 4) is 0 Å². The highest BCUT2D eigenvalue weighted by Gasteiger charge is 2.13. The van der Waals surface area contributed by atoms with Crippen LogP contribution in [0.2, 0.25) is 0 Å². The Balaban J connectivity index is 3.01. The number of halogens is 1. The van der Waals surface area contributed by atoms with Gasteiger partial charge in [0.1, 0.15) is 5.82 Å². The van der Waals surface area contributed by atoms with E-state index in [0.717, 1.165) is 12.0 Å². The van der Waals surface area contributed by atoms with Crippen LogP contribution in [0, 0.1) is 18.7 Å². The zero-order valence-electron chi connectivity index (χ0n) is 8.80. The van der Waals surface area contributed by atoms with Gasteiger partial charge in [-0.05, 0) is 37.1 Å². The van der Waals surface area contributed by atoms with Crippen LogP contribution in [0.15, 0.2) is 18.2 Å². The average molecular weight is 194 g/mol. The smallest absolute Gasteiger partial charge is 0.165 e. The SMILES string of the molecule is CCC(C)C(=O)c1cc(C)cc(F)c1. The average Bonchev–Trinajstić information content (AvgIpc) is 2.14. The predicted molar refractivity (Wildman–Crippen MR) is 54.9 cm³/mol. The topological polar surface area (TPSA) is 17.1 Å². The maximum atomic E-state index is 13.0. The van der Waals surface area contributed by atoms with Crippen LogP contribution in [0.5, 0.6) is 0 Å². The summed E-state index contributed by atoms with van der Waals surface area (Å²) in [7, 11) is 0. The molecular formula is C12H15FO. The van der Waals surface area contributed by atoms with Crippen LogP contribution in [0.3, 0.4) is 0 Å². The molecule has 0 aromatic heterocycles. The van der Waals surface area contributed by atoms with Gasteiger partial charge in [0.05, 0.1) is 0 Å². The van der Waals surface area contributed by atoms with Gasteiger partial charge in [-0.15, -0.1) is 0 Å². The lowest BCUT2D eigenvalue weighted by molar-refractivity contribution is 0.0926. The number of Topliss-reactive ketones (excluding diaryl/α,β-unsaturated/α-hetero) is 1. The van der Waals surface area contributed by atoms with Crippen LogP contribution in [0.25, 0.3) is 0 Å². The van der Waals surface area contributed by atoms with Crippen molar-refractivity contribution < 1.29 is 9.18 Å². The standard InChI is InChI=1S/C12H15FO/c1-4-9(3)12(14)10-5-8(2)6-11(13)7-10/h5-7,9H,4H2,1-3H3. The van der Waals surface area contributed by atoms with Gasteiger partial charge in [0.2, 0.25) is 0 Å². The second-order valence-electron chi connectivity index (χ2n) is 3.69. The highest BCUT2D eigenvalue weighted by molar-refractivity contribution is 5.97. The second-order valence-corrected chi connectivity index (χ2v) is 3.69. The quantitative estimate of drug-likeness (QED) is 0.674. The molecule has 76 valence electrons. The molecule has 0 heterocycles. The summed E-state index contributed by atoms with van der Waals surface area (Å²) in [5.74, 6) is -0.344. The summed E-state index contributed by atoms with van der Waals surface area (Å²) in [5, 5.41) is 0. The zero-order valence-corrected chi connectivity index (χ0v) is 8.80. The molecule has 0 aliphatic heterocycles. The molecule has 1 rings (SSSR count). The van der Waals surface area contributed by atoms with Gasteiger partial charge >= 0.3 is 0 Å². The van der Waals surface area contributed by atoms with E-state index in [4.69, 9.17) is 0 Å². The Labute approximate surface area is 83.9 Å². The van der Waals surface area contributed by atoms with E-state index >= 15 is 0 Å². The van der Waals surface area contributed by atoms with Crippen LogP contribution in [0.1, 0.15) is 36.2 Å². The van der Waals surface area contributed by atoms with Crippen LogP contribution in [-0.2, 0) is 0 Å². The predicted octanol–water partition coefficient (Wildman–Crippen LogP) is 3.36. The van der Waals surface area contributed by atoms with Gasteiger partial charge in [-0.3, -0.25) is 4.79 Å². The number of rotatable bonds is 3. The van der Waals surface area contributed by atoms with Crippen molar-refractivity contribution in [1.29, 1.82) is 0 Å². The van der Waals surface area contributed by atoms with Crippen molar-refractivity contribution in [2.24, 2.45) is 5.92 Å². The van der Waals surface area contributed by atoms with E-state index in [1.807, 2.05) is 13.8 Å². The molecule has 0 fully saturated rings. The van der Waals surface area contributed by atoms with E-state index in [1.54, 1.807) is 13.0 Å². The van der Waals surface area contributed by atoms with Crippen molar-refractivity contribution in [3.63, 3.8) is 0 Å². The first-order valence-electron chi connectivity index (χ1n) is 4.86. The Morgan fingerprint density at radius 1 is 1.43 bits per heavy atom. The molecular weight excluding hydrogens is 179 g/mol. The van der Waals surface area contributed by atoms with Gasteiger partial charge in [0.25, 0.3) is 0 Å². The van der Waals surface area contributed by atoms with Gasteiger partial charge < -0.3 is 0 Å². The molecule has 0 saturated carbocycles. The molecule has 0 N–H and O–H groups in total.